The van der Waals surface area contributed by atoms with Gasteiger partial charge in [0.05, 0.1) is 11.0 Å². The number of nitrogens with two attached hydrogens (primary N) is 1. The Kier molecular flexibility index (Phi) is 6.01. The highest BCUT2D eigenvalue weighted by Gasteiger charge is 2.19. The lowest BCUT2D eigenvalue weighted by molar-refractivity contribution is 0.509. The van der Waals surface area contributed by atoms with Crippen molar-refractivity contribution in [2.45, 2.75) is 38.9 Å². The van der Waals surface area contributed by atoms with Crippen LogP contribution in [-0.2, 0) is 16.3 Å². The molecule has 0 bridgehead atoms. The zero-order valence-electron chi connectivity index (χ0n) is 12.1. The summed E-state index contributed by atoms with van der Waals surface area (Å²) in [6, 6.07) is 8.20. The molecule has 0 aromatic heterocycles. The lowest BCUT2D eigenvalue weighted by Gasteiger charge is -2.17. The first-order valence-electron chi connectivity index (χ1n) is 6.83. The third-order valence-electron chi connectivity index (χ3n) is 3.63. The molecule has 3 nitrogen and oxygen atoms in total. The number of hydrogen-bond acceptors (Lipinski definition) is 3. The van der Waals surface area contributed by atoms with Crippen LogP contribution in [0.3, 0.4) is 0 Å². The molecule has 0 aliphatic rings. The number of aryl methyl sites for hydroxylation is 1. The predicted octanol–water partition coefficient (Wildman–Crippen LogP) is 2.33. The van der Waals surface area contributed by atoms with E-state index in [2.05, 4.69) is 19.1 Å². The second-order valence-electron chi connectivity index (χ2n) is 5.44. The van der Waals surface area contributed by atoms with E-state index in [-0.39, 0.29) is 16.9 Å². The van der Waals surface area contributed by atoms with Gasteiger partial charge >= 0.3 is 0 Å². The molecule has 0 saturated heterocycles. The molecular formula is C15H25NO2S. The van der Waals surface area contributed by atoms with Gasteiger partial charge in [0.1, 0.15) is 0 Å². The van der Waals surface area contributed by atoms with Gasteiger partial charge in [0.15, 0.2) is 9.84 Å². The minimum Gasteiger partial charge on any atom is -0.330 e. The van der Waals surface area contributed by atoms with Crippen LogP contribution in [0, 0.1) is 12.8 Å². The summed E-state index contributed by atoms with van der Waals surface area (Å²) in [5.74, 6) is 0.466. The Hall–Kier alpha value is -0.870. The van der Waals surface area contributed by atoms with Crippen molar-refractivity contribution in [1.29, 1.82) is 0 Å². The second-order valence-corrected chi connectivity index (χ2v) is 8.11. The van der Waals surface area contributed by atoms with Crippen LogP contribution in [0.2, 0.25) is 0 Å². The first kappa shape index (κ1) is 16.2. The van der Waals surface area contributed by atoms with Gasteiger partial charge in [-0.15, -0.1) is 0 Å². The molecule has 1 unspecified atom stereocenters. The van der Waals surface area contributed by atoms with E-state index >= 15 is 0 Å². The quantitative estimate of drug-likeness (QED) is 0.835. The molecule has 4 heteroatoms. The van der Waals surface area contributed by atoms with Crippen LogP contribution >= 0.6 is 0 Å². The van der Waals surface area contributed by atoms with Gasteiger partial charge in [-0.2, -0.15) is 0 Å². The molecule has 1 aromatic rings. The third kappa shape index (κ3) is 4.96. The molecule has 0 saturated carbocycles. The predicted molar refractivity (Wildman–Crippen MR) is 81.0 cm³/mol. The largest absolute Gasteiger partial charge is 0.330 e. The summed E-state index contributed by atoms with van der Waals surface area (Å²) in [6.45, 7) is 6.07. The summed E-state index contributed by atoms with van der Waals surface area (Å²) in [6.07, 6.45) is 1.50. The van der Waals surface area contributed by atoms with Gasteiger partial charge in [0.25, 0.3) is 0 Å². The maximum atomic E-state index is 11.8. The Morgan fingerprint density at radius 2 is 1.84 bits per heavy atom. The fourth-order valence-electron chi connectivity index (χ4n) is 2.02. The average Bonchev–Trinajstić information content (AvgIpc) is 2.36. The summed E-state index contributed by atoms with van der Waals surface area (Å²) in [5, 5.41) is -0.301. The summed E-state index contributed by atoms with van der Waals surface area (Å²) in [5.41, 5.74) is 8.29. The summed E-state index contributed by atoms with van der Waals surface area (Å²) < 4.78 is 23.7. The molecule has 0 heterocycles. The van der Waals surface area contributed by atoms with Crippen LogP contribution in [0.15, 0.2) is 24.3 Å². The Bertz CT molecular complexity index is 495. The molecule has 1 aromatic carbocycles. The van der Waals surface area contributed by atoms with Crippen molar-refractivity contribution in [3.05, 3.63) is 35.4 Å². The molecule has 0 amide bonds. The van der Waals surface area contributed by atoms with Crippen molar-refractivity contribution in [1.82, 2.24) is 0 Å². The van der Waals surface area contributed by atoms with Crippen LogP contribution < -0.4 is 5.73 Å². The Labute approximate surface area is 117 Å². The lowest BCUT2D eigenvalue weighted by atomic mass is 9.94. The Balaban J connectivity index is 2.63. The highest BCUT2D eigenvalue weighted by Crippen LogP contribution is 2.17. The molecule has 1 rings (SSSR count). The van der Waals surface area contributed by atoms with Crippen molar-refractivity contribution in [2.24, 2.45) is 11.7 Å². The smallest absolute Gasteiger partial charge is 0.152 e. The SMILES string of the molecule is Cc1ccccc1CC(CN)CCS(=O)(=O)C(C)C. The average molecular weight is 283 g/mol. The van der Waals surface area contributed by atoms with Crippen molar-refractivity contribution in [2.75, 3.05) is 12.3 Å². The third-order valence-corrected chi connectivity index (χ3v) is 5.87. The van der Waals surface area contributed by atoms with E-state index in [1.807, 2.05) is 12.1 Å². The number of rotatable bonds is 7. The summed E-state index contributed by atoms with van der Waals surface area (Å²) in [4.78, 5) is 0. The monoisotopic (exact) mass is 283 g/mol. The zero-order chi connectivity index (χ0) is 14.5. The van der Waals surface area contributed by atoms with Gasteiger partial charge in [-0.1, -0.05) is 24.3 Å². The van der Waals surface area contributed by atoms with E-state index in [9.17, 15) is 8.42 Å². The van der Waals surface area contributed by atoms with Gasteiger partial charge in [0, 0.05) is 0 Å². The lowest BCUT2D eigenvalue weighted by Crippen LogP contribution is -2.24. The van der Waals surface area contributed by atoms with E-state index in [0.717, 1.165) is 6.42 Å². The van der Waals surface area contributed by atoms with Crippen LogP contribution in [0.1, 0.15) is 31.4 Å². The molecule has 1 atom stereocenters. The van der Waals surface area contributed by atoms with E-state index < -0.39 is 9.84 Å². The highest BCUT2D eigenvalue weighted by molar-refractivity contribution is 7.91. The van der Waals surface area contributed by atoms with Crippen LogP contribution in [0.5, 0.6) is 0 Å². The first-order chi connectivity index (χ1) is 8.86. The van der Waals surface area contributed by atoms with Gasteiger partial charge in [-0.05, 0) is 57.2 Å². The van der Waals surface area contributed by atoms with Crippen LogP contribution in [0.25, 0.3) is 0 Å². The van der Waals surface area contributed by atoms with E-state index in [1.54, 1.807) is 13.8 Å². The standard InChI is InChI=1S/C15H25NO2S/c1-12(2)19(17,18)9-8-14(11-16)10-15-7-5-4-6-13(15)3/h4-7,12,14H,8-11,16H2,1-3H3. The molecule has 2 N–H and O–H groups in total. The number of hydrogen-bond donors (Lipinski definition) is 1. The molecule has 0 spiro atoms. The Morgan fingerprint density at radius 1 is 1.21 bits per heavy atom. The topological polar surface area (TPSA) is 60.2 Å². The first-order valence-corrected chi connectivity index (χ1v) is 8.54. The van der Waals surface area contributed by atoms with Gasteiger partial charge in [-0.25, -0.2) is 8.42 Å². The van der Waals surface area contributed by atoms with Crippen molar-refractivity contribution < 1.29 is 8.42 Å². The summed E-state index contributed by atoms with van der Waals surface area (Å²) >= 11 is 0. The highest BCUT2D eigenvalue weighted by atomic mass is 32.2. The van der Waals surface area contributed by atoms with Gasteiger partial charge in [-0.3, -0.25) is 0 Å². The maximum Gasteiger partial charge on any atom is 0.152 e. The minimum atomic E-state index is -2.96. The molecule has 0 aliphatic carbocycles. The molecular weight excluding hydrogens is 258 g/mol. The fraction of sp³-hybridized carbons (Fsp3) is 0.600. The van der Waals surface area contributed by atoms with E-state index in [0.29, 0.717) is 13.0 Å². The molecule has 0 fully saturated rings. The number of benzene rings is 1. The van der Waals surface area contributed by atoms with Crippen LogP contribution in [-0.4, -0.2) is 26.0 Å². The molecule has 19 heavy (non-hydrogen) atoms. The second kappa shape index (κ2) is 7.06. The van der Waals surface area contributed by atoms with Crippen molar-refractivity contribution in [3.63, 3.8) is 0 Å². The van der Waals surface area contributed by atoms with Gasteiger partial charge in [0.2, 0.25) is 0 Å². The molecule has 108 valence electrons. The van der Waals surface area contributed by atoms with Crippen molar-refractivity contribution >= 4 is 9.84 Å². The molecule has 0 radical (unpaired) electrons. The zero-order valence-corrected chi connectivity index (χ0v) is 12.9. The fourth-order valence-corrected chi connectivity index (χ4v) is 3.15. The normalized spacial score (nSPS) is 13.7. The molecule has 0 aliphatic heterocycles. The summed E-state index contributed by atoms with van der Waals surface area (Å²) in [7, 11) is -2.96. The van der Waals surface area contributed by atoms with Gasteiger partial charge < -0.3 is 5.73 Å². The minimum absolute atomic E-state index is 0.231. The van der Waals surface area contributed by atoms with E-state index in [4.69, 9.17) is 5.73 Å². The maximum absolute atomic E-state index is 11.8. The Morgan fingerprint density at radius 3 is 2.37 bits per heavy atom. The van der Waals surface area contributed by atoms with Crippen LogP contribution in [0.4, 0.5) is 0 Å². The van der Waals surface area contributed by atoms with E-state index in [1.165, 1.54) is 11.1 Å². The number of sulfone groups is 1. The van der Waals surface area contributed by atoms with Crippen molar-refractivity contribution in [3.8, 4) is 0 Å².